The summed E-state index contributed by atoms with van der Waals surface area (Å²) in [6, 6.07) is 13.0. The lowest BCUT2D eigenvalue weighted by molar-refractivity contribution is 0.0727. The lowest BCUT2D eigenvalue weighted by Gasteiger charge is -2.36. The molecule has 1 aliphatic heterocycles. The first-order valence-corrected chi connectivity index (χ1v) is 14.4. The molecule has 1 aromatic carbocycles. The van der Waals surface area contributed by atoms with Crippen molar-refractivity contribution in [3.8, 4) is 11.4 Å². The summed E-state index contributed by atoms with van der Waals surface area (Å²) >= 11 is 0. The predicted octanol–water partition coefficient (Wildman–Crippen LogP) is 5.77. The van der Waals surface area contributed by atoms with E-state index in [4.69, 9.17) is 5.10 Å². The zero-order valence-electron chi connectivity index (χ0n) is 22.5. The Labute approximate surface area is 223 Å². The SMILES string of the molecule is Cc1c(-c2cc3ccc(C(C)(C)O)cc3n2CC2CC2)nn2cc(C(=O)N3CC4CC5CCC3C54)ccc12. The summed E-state index contributed by atoms with van der Waals surface area (Å²) in [6.45, 7) is 7.71. The molecule has 4 aliphatic rings. The van der Waals surface area contributed by atoms with Gasteiger partial charge in [-0.15, -0.1) is 0 Å². The molecule has 3 saturated carbocycles. The number of aryl methyl sites for hydroxylation is 1. The van der Waals surface area contributed by atoms with Crippen LogP contribution in [0, 0.1) is 30.6 Å². The molecular formula is C32H36N4O2. The summed E-state index contributed by atoms with van der Waals surface area (Å²) in [6.07, 6.45) is 8.26. The summed E-state index contributed by atoms with van der Waals surface area (Å²) in [4.78, 5) is 15.8. The zero-order chi connectivity index (χ0) is 25.9. The largest absolute Gasteiger partial charge is 0.386 e. The van der Waals surface area contributed by atoms with Gasteiger partial charge in [0.2, 0.25) is 0 Å². The molecule has 6 nitrogen and oxygen atoms in total. The van der Waals surface area contributed by atoms with Crippen LogP contribution in [0.3, 0.4) is 0 Å². The van der Waals surface area contributed by atoms with Crippen LogP contribution >= 0.6 is 0 Å². The van der Waals surface area contributed by atoms with E-state index < -0.39 is 5.60 Å². The molecule has 1 saturated heterocycles. The molecule has 0 bridgehead atoms. The average molecular weight is 509 g/mol. The number of amides is 1. The molecule has 4 heterocycles. The van der Waals surface area contributed by atoms with Crippen molar-refractivity contribution in [2.24, 2.45) is 23.7 Å². The number of aliphatic hydroxyl groups is 1. The molecule has 1 amide bonds. The number of benzene rings is 1. The van der Waals surface area contributed by atoms with Gasteiger partial charge in [0.1, 0.15) is 5.69 Å². The number of likely N-dealkylation sites (tertiary alicyclic amines) is 1. The van der Waals surface area contributed by atoms with E-state index >= 15 is 0 Å². The Hall–Kier alpha value is -3.12. The number of aromatic nitrogens is 3. The van der Waals surface area contributed by atoms with Crippen molar-refractivity contribution in [1.29, 1.82) is 0 Å². The van der Waals surface area contributed by atoms with Crippen molar-refractivity contribution < 1.29 is 9.90 Å². The minimum Gasteiger partial charge on any atom is -0.386 e. The second kappa shape index (κ2) is 7.72. The van der Waals surface area contributed by atoms with Gasteiger partial charge in [0.05, 0.1) is 22.4 Å². The first kappa shape index (κ1) is 22.8. The van der Waals surface area contributed by atoms with Crippen molar-refractivity contribution in [3.05, 3.63) is 59.3 Å². The molecule has 38 heavy (non-hydrogen) atoms. The smallest absolute Gasteiger partial charge is 0.255 e. The van der Waals surface area contributed by atoms with E-state index in [1.54, 1.807) is 0 Å². The highest BCUT2D eigenvalue weighted by Gasteiger charge is 2.57. The molecule has 0 radical (unpaired) electrons. The van der Waals surface area contributed by atoms with E-state index in [-0.39, 0.29) is 5.91 Å². The van der Waals surface area contributed by atoms with Gasteiger partial charge in [0.25, 0.3) is 5.91 Å². The van der Waals surface area contributed by atoms with Gasteiger partial charge in [0.15, 0.2) is 0 Å². The number of hydrogen-bond donors (Lipinski definition) is 1. The molecule has 3 aliphatic carbocycles. The van der Waals surface area contributed by atoms with E-state index in [0.29, 0.717) is 12.0 Å². The monoisotopic (exact) mass is 508 g/mol. The number of carbonyl (C=O) groups excluding carboxylic acids is 1. The van der Waals surface area contributed by atoms with Crippen molar-refractivity contribution in [2.45, 2.75) is 71.1 Å². The maximum absolute atomic E-state index is 13.6. The van der Waals surface area contributed by atoms with Crippen LogP contribution in [0.1, 0.15) is 67.4 Å². The molecule has 4 fully saturated rings. The Balaban J connectivity index is 1.20. The molecule has 196 valence electrons. The second-order valence-electron chi connectivity index (χ2n) is 13.1. The Morgan fingerprint density at radius 2 is 1.89 bits per heavy atom. The zero-order valence-corrected chi connectivity index (χ0v) is 22.5. The number of rotatable bonds is 5. The number of pyridine rings is 1. The van der Waals surface area contributed by atoms with Gasteiger partial charge < -0.3 is 14.6 Å². The van der Waals surface area contributed by atoms with Crippen molar-refractivity contribution >= 4 is 22.3 Å². The third-order valence-electron chi connectivity index (χ3n) is 10.2. The summed E-state index contributed by atoms with van der Waals surface area (Å²) in [5.74, 6) is 3.21. The minimum absolute atomic E-state index is 0.170. The highest BCUT2D eigenvalue weighted by Crippen LogP contribution is 2.57. The van der Waals surface area contributed by atoms with Gasteiger partial charge in [-0.05, 0) is 106 Å². The van der Waals surface area contributed by atoms with Crippen LogP contribution < -0.4 is 0 Å². The van der Waals surface area contributed by atoms with Gasteiger partial charge in [0, 0.05) is 41.8 Å². The Morgan fingerprint density at radius 1 is 1.05 bits per heavy atom. The molecule has 4 atom stereocenters. The summed E-state index contributed by atoms with van der Waals surface area (Å²) in [5.41, 5.74) is 6.17. The topological polar surface area (TPSA) is 62.8 Å². The minimum atomic E-state index is -0.890. The number of hydrogen-bond acceptors (Lipinski definition) is 3. The molecule has 6 heteroatoms. The lowest BCUT2D eigenvalue weighted by atomic mass is 9.68. The van der Waals surface area contributed by atoms with Crippen LogP contribution in [0.4, 0.5) is 0 Å². The molecule has 0 spiro atoms. The van der Waals surface area contributed by atoms with E-state index in [9.17, 15) is 9.90 Å². The van der Waals surface area contributed by atoms with Crippen LogP contribution in [0.15, 0.2) is 42.6 Å². The maximum Gasteiger partial charge on any atom is 0.255 e. The predicted molar refractivity (Wildman–Crippen MR) is 148 cm³/mol. The molecule has 4 aromatic rings. The number of fused-ring (bicyclic) bond motifs is 2. The fraction of sp³-hybridized carbons (Fsp3) is 0.500. The van der Waals surface area contributed by atoms with E-state index in [2.05, 4.69) is 40.7 Å². The normalized spacial score (nSPS) is 26.4. The molecular weight excluding hydrogens is 472 g/mol. The third kappa shape index (κ3) is 3.28. The van der Waals surface area contributed by atoms with Crippen LogP contribution in [0.5, 0.6) is 0 Å². The summed E-state index contributed by atoms with van der Waals surface area (Å²) in [7, 11) is 0. The number of carbonyl (C=O) groups is 1. The number of nitrogens with zero attached hydrogens (tertiary/aromatic N) is 4. The molecule has 4 unspecified atom stereocenters. The fourth-order valence-corrected chi connectivity index (χ4v) is 7.88. The van der Waals surface area contributed by atoms with Crippen LogP contribution in [0.2, 0.25) is 0 Å². The Morgan fingerprint density at radius 3 is 2.68 bits per heavy atom. The molecule has 8 rings (SSSR count). The molecule has 1 N–H and O–H groups in total. The first-order chi connectivity index (χ1) is 18.3. The maximum atomic E-state index is 13.6. The van der Waals surface area contributed by atoms with Gasteiger partial charge in [-0.3, -0.25) is 4.79 Å². The fourth-order valence-electron chi connectivity index (χ4n) is 7.88. The first-order valence-electron chi connectivity index (χ1n) is 14.4. The second-order valence-corrected chi connectivity index (χ2v) is 13.1. The van der Waals surface area contributed by atoms with Crippen LogP contribution in [-0.4, -0.2) is 42.7 Å². The average Bonchev–Trinajstić information content (AvgIpc) is 3.27. The van der Waals surface area contributed by atoms with Crippen molar-refractivity contribution in [1.82, 2.24) is 19.1 Å². The standard InChI is InChI=1S/C32H36N4O2/c1-18-25-10-8-22(31(37)35-16-23-12-21-7-11-26(35)29(21)23)17-36(25)33-30(18)28-13-20-6-9-24(32(2,3)38)14-27(20)34(28)15-19-4-5-19/h6,8-10,13-14,17,19,21,23,26,29,38H,4-5,7,11-12,15-16H2,1-3H3. The highest BCUT2D eigenvalue weighted by atomic mass is 16.3. The molecule has 3 aromatic heterocycles. The van der Waals surface area contributed by atoms with Gasteiger partial charge >= 0.3 is 0 Å². The third-order valence-corrected chi connectivity index (χ3v) is 10.2. The van der Waals surface area contributed by atoms with Gasteiger partial charge in [-0.25, -0.2) is 4.52 Å². The van der Waals surface area contributed by atoms with E-state index in [0.717, 1.165) is 70.0 Å². The summed E-state index contributed by atoms with van der Waals surface area (Å²) < 4.78 is 4.32. The van der Waals surface area contributed by atoms with Crippen LogP contribution in [0.25, 0.3) is 27.8 Å². The highest BCUT2D eigenvalue weighted by molar-refractivity contribution is 5.95. The Bertz CT molecular complexity index is 1620. The lowest BCUT2D eigenvalue weighted by Crippen LogP contribution is -2.36. The summed E-state index contributed by atoms with van der Waals surface area (Å²) in [5, 5.41) is 16.9. The quantitative estimate of drug-likeness (QED) is 0.372. The van der Waals surface area contributed by atoms with Crippen LogP contribution in [-0.2, 0) is 12.1 Å². The van der Waals surface area contributed by atoms with Gasteiger partial charge in [-0.1, -0.05) is 12.1 Å². The van der Waals surface area contributed by atoms with E-state index in [1.807, 2.05) is 36.7 Å². The van der Waals surface area contributed by atoms with Gasteiger partial charge in [-0.2, -0.15) is 5.10 Å². The van der Waals surface area contributed by atoms with E-state index in [1.165, 1.54) is 37.5 Å². The Kier molecular flexibility index (Phi) is 4.64. The van der Waals surface area contributed by atoms with Crippen molar-refractivity contribution in [2.75, 3.05) is 6.54 Å². The van der Waals surface area contributed by atoms with Crippen molar-refractivity contribution in [3.63, 3.8) is 0 Å².